The molecule has 172 valence electrons. The summed E-state index contributed by atoms with van der Waals surface area (Å²) in [6.45, 7) is 3.10. The fourth-order valence-corrected chi connectivity index (χ4v) is 4.38. The third-order valence-corrected chi connectivity index (χ3v) is 5.96. The summed E-state index contributed by atoms with van der Waals surface area (Å²) < 4.78 is 12.1. The first-order valence-corrected chi connectivity index (χ1v) is 10.9. The molecule has 3 aromatic rings. The number of esters is 1. The number of nitrogens with one attached hydrogen (secondary N) is 1. The highest BCUT2D eigenvalue weighted by Crippen LogP contribution is 2.25. The molecule has 0 aliphatic carbocycles. The van der Waals surface area contributed by atoms with E-state index in [1.165, 1.54) is 7.11 Å². The second-order valence-corrected chi connectivity index (χ2v) is 8.15. The molecule has 2 heterocycles. The Morgan fingerprint density at radius 1 is 1.15 bits per heavy atom. The van der Waals surface area contributed by atoms with E-state index in [-0.39, 0.29) is 17.9 Å². The SMILES string of the molecule is COC(=O)[C@@H]1C[C@H](NC(=O)c2ccccc2-n2cccn2)CN1Cc1ccc(OC)c(C)c1. The van der Waals surface area contributed by atoms with Gasteiger partial charge in [-0.05, 0) is 48.7 Å². The maximum atomic E-state index is 13.1. The number of carbonyl (C=O) groups excluding carboxylic acids is 2. The molecule has 1 saturated heterocycles. The number of hydrogen-bond acceptors (Lipinski definition) is 6. The summed E-state index contributed by atoms with van der Waals surface area (Å²) in [5, 5.41) is 7.35. The molecule has 8 heteroatoms. The largest absolute Gasteiger partial charge is 0.496 e. The van der Waals surface area contributed by atoms with Crippen molar-refractivity contribution in [1.82, 2.24) is 20.0 Å². The summed E-state index contributed by atoms with van der Waals surface area (Å²) in [4.78, 5) is 27.7. The maximum Gasteiger partial charge on any atom is 0.323 e. The fraction of sp³-hybridized carbons (Fsp3) is 0.320. The highest BCUT2D eigenvalue weighted by atomic mass is 16.5. The predicted molar refractivity (Wildman–Crippen MR) is 123 cm³/mol. The van der Waals surface area contributed by atoms with Crippen molar-refractivity contribution in [2.45, 2.75) is 32.0 Å². The Morgan fingerprint density at radius 3 is 2.67 bits per heavy atom. The van der Waals surface area contributed by atoms with E-state index in [0.717, 1.165) is 16.9 Å². The van der Waals surface area contributed by atoms with E-state index in [0.29, 0.717) is 30.8 Å². The highest BCUT2D eigenvalue weighted by molar-refractivity contribution is 5.98. The second-order valence-electron chi connectivity index (χ2n) is 8.15. The average molecular weight is 449 g/mol. The van der Waals surface area contributed by atoms with E-state index >= 15 is 0 Å². The van der Waals surface area contributed by atoms with E-state index < -0.39 is 6.04 Å². The second kappa shape index (κ2) is 9.87. The molecule has 1 aromatic heterocycles. The van der Waals surface area contributed by atoms with Gasteiger partial charge < -0.3 is 14.8 Å². The molecule has 0 unspecified atom stereocenters. The number of aryl methyl sites for hydroxylation is 1. The Morgan fingerprint density at radius 2 is 1.97 bits per heavy atom. The van der Waals surface area contributed by atoms with Crippen LogP contribution in [-0.4, -0.2) is 59.4 Å². The van der Waals surface area contributed by atoms with Crippen LogP contribution in [0.3, 0.4) is 0 Å². The number of rotatable bonds is 7. The summed E-state index contributed by atoms with van der Waals surface area (Å²) >= 11 is 0. The molecule has 33 heavy (non-hydrogen) atoms. The van der Waals surface area contributed by atoms with E-state index in [1.54, 1.807) is 30.3 Å². The lowest BCUT2D eigenvalue weighted by atomic mass is 10.1. The lowest BCUT2D eigenvalue weighted by molar-refractivity contribution is -0.146. The highest BCUT2D eigenvalue weighted by Gasteiger charge is 2.38. The van der Waals surface area contributed by atoms with Crippen LogP contribution in [0.2, 0.25) is 0 Å². The third kappa shape index (κ3) is 4.90. The van der Waals surface area contributed by atoms with Crippen molar-refractivity contribution in [2.75, 3.05) is 20.8 Å². The van der Waals surface area contributed by atoms with E-state index in [2.05, 4.69) is 21.4 Å². The molecule has 1 aliphatic rings. The van der Waals surface area contributed by atoms with Crippen LogP contribution in [0.5, 0.6) is 5.75 Å². The average Bonchev–Trinajstić information content (AvgIpc) is 3.49. The van der Waals surface area contributed by atoms with Crippen molar-refractivity contribution in [3.63, 3.8) is 0 Å². The molecule has 0 saturated carbocycles. The van der Waals surface area contributed by atoms with Gasteiger partial charge in [-0.3, -0.25) is 14.5 Å². The minimum absolute atomic E-state index is 0.188. The summed E-state index contributed by atoms with van der Waals surface area (Å²) in [6, 6.07) is 14.5. The topological polar surface area (TPSA) is 85.7 Å². The van der Waals surface area contributed by atoms with Gasteiger partial charge in [0.15, 0.2) is 0 Å². The minimum atomic E-state index is -0.427. The quantitative estimate of drug-likeness (QED) is 0.560. The molecule has 0 bridgehead atoms. The summed E-state index contributed by atoms with van der Waals surface area (Å²) in [6.07, 6.45) is 3.95. The summed E-state index contributed by atoms with van der Waals surface area (Å²) in [5.74, 6) is 0.330. The van der Waals surface area contributed by atoms with Gasteiger partial charge in [-0.1, -0.05) is 24.3 Å². The molecule has 0 radical (unpaired) electrons. The number of benzene rings is 2. The number of amides is 1. The molecule has 4 rings (SSSR count). The van der Waals surface area contributed by atoms with Crippen LogP contribution in [0, 0.1) is 6.92 Å². The minimum Gasteiger partial charge on any atom is -0.496 e. The molecule has 0 spiro atoms. The molecule has 1 amide bonds. The molecule has 1 aliphatic heterocycles. The van der Waals surface area contributed by atoms with Gasteiger partial charge >= 0.3 is 5.97 Å². The number of likely N-dealkylation sites (tertiary alicyclic amines) is 1. The van der Waals surface area contributed by atoms with Crippen LogP contribution in [0.1, 0.15) is 27.9 Å². The Balaban J connectivity index is 1.50. The smallest absolute Gasteiger partial charge is 0.323 e. The number of para-hydroxylation sites is 1. The van der Waals surface area contributed by atoms with Crippen LogP contribution in [0.25, 0.3) is 5.69 Å². The van der Waals surface area contributed by atoms with Crippen molar-refractivity contribution < 1.29 is 19.1 Å². The van der Waals surface area contributed by atoms with Gasteiger partial charge in [0, 0.05) is 31.5 Å². The number of aromatic nitrogens is 2. The number of hydrogen-bond donors (Lipinski definition) is 1. The first kappa shape index (κ1) is 22.5. The van der Waals surface area contributed by atoms with Gasteiger partial charge in [0.1, 0.15) is 11.8 Å². The van der Waals surface area contributed by atoms with Gasteiger partial charge in [-0.2, -0.15) is 5.10 Å². The van der Waals surface area contributed by atoms with Gasteiger partial charge in [0.25, 0.3) is 5.91 Å². The lowest BCUT2D eigenvalue weighted by Crippen LogP contribution is -2.38. The molecule has 2 aromatic carbocycles. The number of carbonyl (C=O) groups is 2. The lowest BCUT2D eigenvalue weighted by Gasteiger charge is -2.22. The third-order valence-electron chi connectivity index (χ3n) is 5.96. The van der Waals surface area contributed by atoms with E-state index in [9.17, 15) is 9.59 Å². The standard InChI is InChI=1S/C25H28N4O4/c1-17-13-18(9-10-23(17)32-2)15-28-16-19(14-22(28)25(31)33-3)27-24(30)20-7-4-5-8-21(20)29-12-6-11-26-29/h4-13,19,22H,14-16H2,1-3H3,(H,27,30)/t19-,22-/m0/s1. The summed E-state index contributed by atoms with van der Waals surface area (Å²) in [7, 11) is 3.04. The molecule has 1 N–H and O–H groups in total. The Labute approximate surface area is 193 Å². The van der Waals surface area contributed by atoms with Gasteiger partial charge in [0.2, 0.25) is 0 Å². The van der Waals surface area contributed by atoms with E-state index in [4.69, 9.17) is 9.47 Å². The Hall–Kier alpha value is -3.65. The molecular weight excluding hydrogens is 420 g/mol. The zero-order chi connectivity index (χ0) is 23.4. The van der Waals surface area contributed by atoms with Crippen molar-refractivity contribution in [3.05, 3.63) is 77.6 Å². The zero-order valence-electron chi connectivity index (χ0n) is 19.0. The van der Waals surface area contributed by atoms with Crippen LogP contribution in [0.15, 0.2) is 60.9 Å². The molecule has 2 atom stereocenters. The Kier molecular flexibility index (Phi) is 6.74. The van der Waals surface area contributed by atoms with Crippen molar-refractivity contribution >= 4 is 11.9 Å². The zero-order valence-corrected chi connectivity index (χ0v) is 19.0. The fourth-order valence-electron chi connectivity index (χ4n) is 4.38. The number of ether oxygens (including phenoxy) is 2. The number of methoxy groups -OCH3 is 2. The van der Waals surface area contributed by atoms with Gasteiger partial charge in [-0.15, -0.1) is 0 Å². The molecule has 1 fully saturated rings. The monoisotopic (exact) mass is 448 g/mol. The number of nitrogens with zero attached hydrogens (tertiary/aromatic N) is 3. The molecule has 8 nitrogen and oxygen atoms in total. The van der Waals surface area contributed by atoms with Crippen LogP contribution >= 0.6 is 0 Å². The maximum absolute atomic E-state index is 13.1. The van der Waals surface area contributed by atoms with E-state index in [1.807, 2.05) is 43.3 Å². The normalized spacial score (nSPS) is 18.2. The summed E-state index contributed by atoms with van der Waals surface area (Å²) in [5.41, 5.74) is 3.33. The van der Waals surface area contributed by atoms with Crippen LogP contribution < -0.4 is 10.1 Å². The van der Waals surface area contributed by atoms with Crippen LogP contribution in [0.4, 0.5) is 0 Å². The Bertz CT molecular complexity index is 1130. The van der Waals surface area contributed by atoms with Crippen LogP contribution in [-0.2, 0) is 16.1 Å². The van der Waals surface area contributed by atoms with Gasteiger partial charge in [0.05, 0.1) is 25.5 Å². The van der Waals surface area contributed by atoms with Crippen molar-refractivity contribution in [2.24, 2.45) is 0 Å². The molecular formula is C25H28N4O4. The first-order valence-electron chi connectivity index (χ1n) is 10.9. The predicted octanol–water partition coefficient (Wildman–Crippen LogP) is 2.74. The van der Waals surface area contributed by atoms with Crippen molar-refractivity contribution in [3.8, 4) is 11.4 Å². The van der Waals surface area contributed by atoms with Gasteiger partial charge in [-0.25, -0.2) is 4.68 Å². The van der Waals surface area contributed by atoms with Crippen molar-refractivity contribution in [1.29, 1.82) is 0 Å². The first-order chi connectivity index (χ1) is 16.0.